The van der Waals surface area contributed by atoms with Gasteiger partial charge < -0.3 is 10.6 Å². The first-order valence-corrected chi connectivity index (χ1v) is 26.7. The minimum atomic E-state index is -0.163. The third kappa shape index (κ3) is 7.14. The van der Waals surface area contributed by atoms with E-state index < -0.39 is 0 Å². The summed E-state index contributed by atoms with van der Waals surface area (Å²) >= 11 is 1.86. The van der Waals surface area contributed by atoms with Gasteiger partial charge in [-0.25, -0.2) is 4.99 Å². The number of fused-ring (bicyclic) bond motifs is 15. The summed E-state index contributed by atoms with van der Waals surface area (Å²) < 4.78 is 4.66. The van der Waals surface area contributed by atoms with Gasteiger partial charge in [0.15, 0.2) is 0 Å². The number of nitrogens with zero attached hydrogens (tertiary/aromatic N) is 3. The van der Waals surface area contributed by atoms with Crippen molar-refractivity contribution in [1.82, 2.24) is 4.57 Å². The summed E-state index contributed by atoms with van der Waals surface area (Å²) in [6.07, 6.45) is 2.24. The molecule has 14 rings (SSSR count). The number of benzene rings is 11. The summed E-state index contributed by atoms with van der Waals surface area (Å²) in [5, 5.41) is 9.46. The van der Waals surface area contributed by atoms with Gasteiger partial charge in [-0.15, -0.1) is 11.3 Å². The smallest absolute Gasteiger partial charge is 0.205 e. The molecule has 2 heterocycles. The van der Waals surface area contributed by atoms with Crippen molar-refractivity contribution < 1.29 is 0 Å². The summed E-state index contributed by atoms with van der Waals surface area (Å²) in [6, 6.07) is 85.9. The highest BCUT2D eigenvalue weighted by atomic mass is 32.1. The van der Waals surface area contributed by atoms with E-state index in [9.17, 15) is 0 Å². The number of nitrogens with two attached hydrogens (primary N) is 1. The first-order chi connectivity index (χ1) is 36.8. The zero-order chi connectivity index (χ0) is 50.4. The van der Waals surface area contributed by atoms with Crippen molar-refractivity contribution in [3.63, 3.8) is 0 Å². The molecule has 0 bridgehead atoms. The van der Waals surface area contributed by atoms with Gasteiger partial charge in [0.05, 0.1) is 27.1 Å². The maximum absolute atomic E-state index is 7.59. The minimum Gasteiger partial charge on any atom is -0.369 e. The Morgan fingerprint density at radius 2 is 1.13 bits per heavy atom. The summed E-state index contributed by atoms with van der Waals surface area (Å²) in [6.45, 7) is 6.95. The first kappa shape index (κ1) is 44.7. The molecule has 0 saturated carbocycles. The second-order valence-corrected chi connectivity index (χ2v) is 21.5. The lowest BCUT2D eigenvalue weighted by Gasteiger charge is -2.28. The van der Waals surface area contributed by atoms with Crippen LogP contribution in [0.3, 0.4) is 0 Å². The molecule has 75 heavy (non-hydrogen) atoms. The standard InChI is InChI=1S/C70H52N4S/c1-44(45-20-7-4-8-21-45)42-60(48-24-11-6-12-25-48)72-69(71)74-61-40-41-63-64(66(61)65-55-29-15-13-26-51(55)52-27-14-16-30-56(52)67(65)74)57-31-19-33-62(68(57)75-63)73(49-36-34-47(35-37-49)46-22-9-5-10-23-46)50-38-39-54-53-28-17-18-32-58(53)70(2,3)59(54)43-50/h4-44H,1-3H3,(H2,71,72)/b60-42-. The van der Waals surface area contributed by atoms with E-state index >= 15 is 0 Å². The van der Waals surface area contributed by atoms with Crippen molar-refractivity contribution in [3.05, 3.63) is 265 Å². The lowest BCUT2D eigenvalue weighted by atomic mass is 9.82. The number of hydrogen-bond acceptors (Lipinski definition) is 3. The second kappa shape index (κ2) is 17.6. The van der Waals surface area contributed by atoms with Crippen LogP contribution in [-0.4, -0.2) is 10.5 Å². The molecule has 11 aromatic carbocycles. The zero-order valence-corrected chi connectivity index (χ0v) is 42.8. The van der Waals surface area contributed by atoms with Crippen LogP contribution >= 0.6 is 11.3 Å². The van der Waals surface area contributed by atoms with E-state index in [-0.39, 0.29) is 11.3 Å². The maximum Gasteiger partial charge on any atom is 0.205 e. The van der Waals surface area contributed by atoms with Gasteiger partial charge in [0.2, 0.25) is 5.96 Å². The number of thiophene rings is 1. The first-order valence-electron chi connectivity index (χ1n) is 25.9. The van der Waals surface area contributed by atoms with Gasteiger partial charge in [-0.1, -0.05) is 221 Å². The number of hydrogen-bond donors (Lipinski definition) is 1. The summed E-state index contributed by atoms with van der Waals surface area (Å²) in [5.74, 6) is 0.505. The fraction of sp³-hybridized carbons (Fsp3) is 0.0714. The highest BCUT2D eigenvalue weighted by Gasteiger charge is 2.36. The average Bonchev–Trinajstić information content (AvgIpc) is 4.16. The average molecular weight is 981 g/mol. The van der Waals surface area contributed by atoms with Crippen molar-refractivity contribution in [2.45, 2.75) is 32.1 Å². The molecular weight excluding hydrogens is 929 g/mol. The molecule has 1 aliphatic carbocycles. The molecule has 5 heteroatoms. The molecule has 0 amide bonds. The summed E-state index contributed by atoms with van der Waals surface area (Å²) in [4.78, 5) is 7.94. The summed E-state index contributed by atoms with van der Waals surface area (Å²) in [5.41, 5.74) is 23.6. The minimum absolute atomic E-state index is 0.0906. The van der Waals surface area contributed by atoms with Gasteiger partial charge in [0.25, 0.3) is 0 Å². The van der Waals surface area contributed by atoms with Gasteiger partial charge in [-0.2, -0.15) is 0 Å². The molecule has 0 radical (unpaired) electrons. The fourth-order valence-electron chi connectivity index (χ4n) is 12.2. The van der Waals surface area contributed by atoms with E-state index in [0.29, 0.717) is 5.96 Å². The van der Waals surface area contributed by atoms with Gasteiger partial charge in [-0.3, -0.25) is 4.57 Å². The molecule has 0 spiro atoms. The van der Waals surface area contributed by atoms with Crippen LogP contribution in [0.15, 0.2) is 248 Å². The van der Waals surface area contributed by atoms with Gasteiger partial charge in [-0.05, 0) is 103 Å². The third-order valence-corrected chi connectivity index (χ3v) is 17.0. The van der Waals surface area contributed by atoms with Crippen LogP contribution in [-0.2, 0) is 5.41 Å². The fourth-order valence-corrected chi connectivity index (χ4v) is 13.4. The molecule has 13 aromatic rings. The van der Waals surface area contributed by atoms with Crippen LogP contribution in [0.1, 0.15) is 48.9 Å². The van der Waals surface area contributed by atoms with Crippen molar-refractivity contribution in [2.75, 3.05) is 4.90 Å². The van der Waals surface area contributed by atoms with Crippen molar-refractivity contribution in [2.24, 2.45) is 10.7 Å². The Labute approximate surface area is 440 Å². The molecule has 1 atom stereocenters. The molecule has 0 saturated heterocycles. The highest BCUT2D eigenvalue weighted by molar-refractivity contribution is 7.26. The van der Waals surface area contributed by atoms with E-state index in [1.54, 1.807) is 0 Å². The van der Waals surface area contributed by atoms with E-state index in [4.69, 9.17) is 10.7 Å². The number of anilines is 3. The maximum atomic E-state index is 7.59. The third-order valence-electron chi connectivity index (χ3n) is 15.8. The Hall–Kier alpha value is -9.03. The molecule has 0 aliphatic heterocycles. The molecule has 2 N–H and O–H groups in total. The van der Waals surface area contributed by atoms with E-state index in [1.165, 1.54) is 86.0 Å². The van der Waals surface area contributed by atoms with Gasteiger partial charge in [0, 0.05) is 54.3 Å². The predicted molar refractivity (Wildman–Crippen MR) is 321 cm³/mol. The number of allylic oxidation sites excluding steroid dienone is 1. The Morgan fingerprint density at radius 3 is 1.89 bits per heavy atom. The summed E-state index contributed by atoms with van der Waals surface area (Å²) in [7, 11) is 0. The Bertz CT molecular complexity index is 4450. The Balaban J connectivity index is 1.04. The zero-order valence-electron chi connectivity index (χ0n) is 42.0. The Kier molecular flexibility index (Phi) is 10.5. The van der Waals surface area contributed by atoms with E-state index in [1.807, 2.05) is 17.4 Å². The van der Waals surface area contributed by atoms with Crippen LogP contribution < -0.4 is 10.6 Å². The van der Waals surface area contributed by atoms with Crippen molar-refractivity contribution >= 4 is 104 Å². The molecule has 1 aliphatic rings. The number of aromatic nitrogens is 1. The van der Waals surface area contributed by atoms with Gasteiger partial charge in [0.1, 0.15) is 0 Å². The molecule has 1 unspecified atom stereocenters. The van der Waals surface area contributed by atoms with Crippen LogP contribution in [0.2, 0.25) is 0 Å². The highest BCUT2D eigenvalue weighted by Crippen LogP contribution is 2.53. The Morgan fingerprint density at radius 1 is 0.533 bits per heavy atom. The van der Waals surface area contributed by atoms with E-state index in [0.717, 1.165) is 44.7 Å². The van der Waals surface area contributed by atoms with Crippen LogP contribution in [0.25, 0.3) is 91.5 Å². The largest absolute Gasteiger partial charge is 0.369 e. The van der Waals surface area contributed by atoms with Crippen LogP contribution in [0.5, 0.6) is 0 Å². The van der Waals surface area contributed by atoms with Gasteiger partial charge >= 0.3 is 0 Å². The number of rotatable bonds is 8. The second-order valence-electron chi connectivity index (χ2n) is 20.5. The molecule has 4 nitrogen and oxygen atoms in total. The van der Waals surface area contributed by atoms with Crippen LogP contribution in [0.4, 0.5) is 17.1 Å². The predicted octanol–water partition coefficient (Wildman–Crippen LogP) is 18.9. The lowest BCUT2D eigenvalue weighted by molar-refractivity contribution is 0.660. The van der Waals surface area contributed by atoms with Crippen molar-refractivity contribution in [1.29, 1.82) is 0 Å². The SMILES string of the molecule is CC(/C=C(\N=C(N)n1c2ccc3sc4c(N(c5ccc(-c6ccccc6)cc5)c5ccc6c(c5)C(C)(C)c5ccccc5-6)cccc4c3c2c2c3ccccc3c3ccccc3c21)c1ccccc1)c1ccccc1. The topological polar surface area (TPSA) is 46.5 Å². The normalized spacial score (nSPS) is 13.8. The molecule has 2 aromatic heterocycles. The van der Waals surface area contributed by atoms with Crippen molar-refractivity contribution in [3.8, 4) is 22.3 Å². The monoisotopic (exact) mass is 980 g/mol. The number of aliphatic imine (C=N–C) groups is 1. The quantitative estimate of drug-likeness (QED) is 0.0937. The van der Waals surface area contributed by atoms with E-state index in [2.05, 4.69) is 267 Å². The molecule has 358 valence electrons. The lowest BCUT2D eigenvalue weighted by Crippen LogP contribution is -2.22. The molecular formula is C70H52N4S. The molecule has 0 fully saturated rings. The van der Waals surface area contributed by atoms with Crippen LogP contribution in [0, 0.1) is 0 Å².